The van der Waals surface area contributed by atoms with Crippen molar-refractivity contribution < 1.29 is 77.4 Å². The van der Waals surface area contributed by atoms with Gasteiger partial charge in [0.25, 0.3) is 0 Å². The van der Waals surface area contributed by atoms with E-state index in [1.165, 1.54) is 26.0 Å². The molecule has 4 rings (SSSR count). The second kappa shape index (κ2) is 35.6. The lowest BCUT2D eigenvalue weighted by Gasteiger charge is -2.19. The summed E-state index contributed by atoms with van der Waals surface area (Å²) < 4.78 is 21.9. The maximum Gasteiger partial charge on any atom is 0.339 e. The predicted octanol–water partition coefficient (Wildman–Crippen LogP) is 4.24. The second-order valence-electron chi connectivity index (χ2n) is 16.2. The Morgan fingerprint density at radius 3 is 1.72 bits per heavy atom. The van der Waals surface area contributed by atoms with Crippen molar-refractivity contribution in [2.75, 3.05) is 45.9 Å². The summed E-state index contributed by atoms with van der Waals surface area (Å²) in [5.41, 5.74) is 7.06. The fourth-order valence-corrected chi connectivity index (χ4v) is 7.20. The molecule has 402 valence electrons. The van der Waals surface area contributed by atoms with Crippen LogP contribution in [0.15, 0.2) is 54.9 Å². The van der Waals surface area contributed by atoms with Crippen LogP contribution in [0.1, 0.15) is 114 Å². The van der Waals surface area contributed by atoms with Crippen LogP contribution in [0.25, 0.3) is 11.0 Å². The number of esters is 1. The Balaban J connectivity index is 0.000000437. The molecule has 0 spiro atoms. The van der Waals surface area contributed by atoms with Gasteiger partial charge in [-0.05, 0) is 82.2 Å². The standard InChI is InChI=1S/C25H48N6O8.C12H12Cl2N2O4.C9H8O4/c1-21(32)29(37)18-9-3-6-16-27-22(33)12-14-25(36)31(39)20-10-4-7-17-28-23(34)11-13-24(35)30(38)19-8-2-5-15-26;13-19-10-9(5-17)18-12(11(10)20-14)16-6-15-7-3-1-2-4-8(7)16;1-6(10)13-8-5-3-2-4-7(8)9(11)12/h37-39H,2-20,26H2,1H3,(H,27,33)(H,28,34);1-4,6,9-12,17H,5H2;2-5H,1H3,(H,11,12)/t;9-,10-,11-,12?;/m.1./s1. The summed E-state index contributed by atoms with van der Waals surface area (Å²) in [6.07, 6.45) is 4.92. The highest BCUT2D eigenvalue weighted by molar-refractivity contribution is 6.08. The normalized spacial score (nSPS) is 15.8. The molecule has 24 nitrogen and oxygen atoms in total. The Labute approximate surface area is 427 Å². The summed E-state index contributed by atoms with van der Waals surface area (Å²) >= 11 is 11.0. The van der Waals surface area contributed by atoms with E-state index in [0.717, 1.165) is 30.3 Å². The van der Waals surface area contributed by atoms with Crippen LogP contribution in [0.5, 0.6) is 5.75 Å². The van der Waals surface area contributed by atoms with E-state index >= 15 is 0 Å². The van der Waals surface area contributed by atoms with Gasteiger partial charge >= 0.3 is 11.9 Å². The van der Waals surface area contributed by atoms with Gasteiger partial charge in [-0.15, -0.1) is 0 Å². The summed E-state index contributed by atoms with van der Waals surface area (Å²) in [6.45, 7) is 4.19. The van der Waals surface area contributed by atoms with E-state index in [1.807, 2.05) is 24.3 Å². The summed E-state index contributed by atoms with van der Waals surface area (Å²) in [5, 5.41) is 54.1. The lowest BCUT2D eigenvalue weighted by molar-refractivity contribution is -0.166. The number of hydrogen-bond donors (Lipinski definition) is 8. The second-order valence-corrected chi connectivity index (χ2v) is 16.6. The van der Waals surface area contributed by atoms with Crippen LogP contribution in [-0.4, -0.2) is 156 Å². The number of nitrogens with two attached hydrogens (primary N) is 1. The maximum absolute atomic E-state index is 12.0. The van der Waals surface area contributed by atoms with Gasteiger partial charge < -0.3 is 40.6 Å². The molecule has 1 saturated heterocycles. The summed E-state index contributed by atoms with van der Waals surface area (Å²) in [4.78, 5) is 83.8. The number of nitrogens with one attached hydrogen (secondary N) is 2. The Bertz CT molecular complexity index is 2140. The Morgan fingerprint density at radius 1 is 0.708 bits per heavy atom. The number of halogens is 2. The van der Waals surface area contributed by atoms with Gasteiger partial charge in [0.1, 0.15) is 23.5 Å². The molecule has 1 fully saturated rings. The highest BCUT2D eigenvalue weighted by Gasteiger charge is 2.48. The van der Waals surface area contributed by atoms with Gasteiger partial charge in [-0.2, -0.15) is 0 Å². The van der Waals surface area contributed by atoms with Crippen molar-refractivity contribution in [1.29, 1.82) is 0 Å². The third-order valence-corrected chi connectivity index (χ3v) is 11.1. The number of carboxylic acid groups (broad SMARTS) is 1. The molecule has 26 heteroatoms. The van der Waals surface area contributed by atoms with Gasteiger partial charge in [0.2, 0.25) is 29.5 Å². The molecule has 72 heavy (non-hydrogen) atoms. The smallest absolute Gasteiger partial charge is 0.339 e. The van der Waals surface area contributed by atoms with Crippen LogP contribution >= 0.6 is 23.7 Å². The minimum Gasteiger partial charge on any atom is -0.478 e. The number of unbranched alkanes of at least 4 members (excludes halogenated alkanes) is 6. The quantitative estimate of drug-likeness (QED) is 0.0158. The molecule has 9 N–H and O–H groups in total. The number of aromatic carboxylic acids is 1. The van der Waals surface area contributed by atoms with Gasteiger partial charge in [0, 0.05) is 72.3 Å². The molecule has 4 atom stereocenters. The predicted molar refractivity (Wildman–Crippen MR) is 258 cm³/mol. The van der Waals surface area contributed by atoms with Crippen LogP contribution in [0.2, 0.25) is 0 Å². The number of fused-ring (bicyclic) bond motifs is 1. The third-order valence-electron chi connectivity index (χ3n) is 10.7. The lowest BCUT2D eigenvalue weighted by atomic mass is 10.1. The number of hydrogen-bond acceptors (Lipinski definition) is 17. The van der Waals surface area contributed by atoms with Crippen molar-refractivity contribution in [3.63, 3.8) is 0 Å². The zero-order chi connectivity index (χ0) is 53.4. The van der Waals surface area contributed by atoms with Crippen molar-refractivity contribution in [2.45, 2.75) is 122 Å². The van der Waals surface area contributed by atoms with Gasteiger partial charge in [0.05, 0.1) is 47.7 Å². The van der Waals surface area contributed by atoms with Crippen molar-refractivity contribution >= 4 is 76.2 Å². The van der Waals surface area contributed by atoms with Crippen LogP contribution < -0.4 is 21.1 Å². The maximum atomic E-state index is 12.0. The molecule has 1 aliphatic heterocycles. The molecule has 3 aromatic rings. The Morgan fingerprint density at radius 2 is 1.22 bits per heavy atom. The molecule has 5 amide bonds. The highest BCUT2D eigenvalue weighted by atomic mass is 35.5. The Hall–Kier alpha value is -5.54. The zero-order valence-corrected chi connectivity index (χ0v) is 42.0. The first-order chi connectivity index (χ1) is 34.5. The van der Waals surface area contributed by atoms with Gasteiger partial charge in [-0.25, -0.2) is 25.0 Å². The minimum absolute atomic E-state index is 0.0160. The number of hydroxylamine groups is 6. The van der Waals surface area contributed by atoms with E-state index in [1.54, 1.807) is 23.0 Å². The van der Waals surface area contributed by atoms with Gasteiger partial charge in [-0.1, -0.05) is 30.7 Å². The number of aromatic nitrogens is 2. The van der Waals surface area contributed by atoms with E-state index < -0.39 is 54.2 Å². The van der Waals surface area contributed by atoms with E-state index in [-0.39, 0.29) is 75.1 Å². The average Bonchev–Trinajstić information content (AvgIpc) is 3.96. The SMILES string of the molecule is CC(=O)N(O)CCCCCNC(=O)CCC(=O)N(O)CCCCCNC(=O)CCC(=O)N(O)CCCCCN.CC(=O)Oc1ccccc1C(=O)O.OC[C@H]1OC(n2cnc3ccccc32)[C@H](OCl)[C@@H]1OCl. The van der Waals surface area contributed by atoms with Crippen LogP contribution in [0.3, 0.4) is 0 Å². The van der Waals surface area contributed by atoms with Crippen LogP contribution in [0, 0.1) is 0 Å². The molecule has 2 heterocycles. The van der Waals surface area contributed by atoms with Crippen molar-refractivity contribution in [3.8, 4) is 5.75 Å². The number of ether oxygens (including phenoxy) is 2. The number of aliphatic hydroxyl groups excluding tert-OH is 1. The van der Waals surface area contributed by atoms with Crippen LogP contribution in [0.4, 0.5) is 0 Å². The topological polar surface area (TPSA) is 335 Å². The number of benzene rings is 2. The van der Waals surface area contributed by atoms with E-state index in [2.05, 4.69) is 20.4 Å². The summed E-state index contributed by atoms with van der Waals surface area (Å²) in [5.74, 6) is -3.63. The van der Waals surface area contributed by atoms with E-state index in [9.17, 15) is 54.3 Å². The first-order valence-corrected chi connectivity index (χ1v) is 24.0. The Kier molecular flexibility index (Phi) is 30.9. The number of aliphatic hydroxyl groups is 1. The summed E-state index contributed by atoms with van der Waals surface area (Å²) in [7, 11) is 0. The zero-order valence-electron chi connectivity index (χ0n) is 40.4. The number of para-hydroxylation sites is 3. The molecule has 2 aromatic carbocycles. The first kappa shape index (κ1) is 62.6. The molecular formula is C46H68Cl2N8O16. The number of nitrogens with zero attached hydrogens (tertiary/aromatic N) is 5. The lowest BCUT2D eigenvalue weighted by Crippen LogP contribution is -2.34. The van der Waals surface area contributed by atoms with Crippen molar-refractivity contribution in [1.82, 2.24) is 35.4 Å². The van der Waals surface area contributed by atoms with Gasteiger partial charge in [0.15, 0.2) is 12.3 Å². The monoisotopic (exact) mass is 1060 g/mol. The average molecular weight is 1060 g/mol. The van der Waals surface area contributed by atoms with Crippen molar-refractivity contribution in [3.05, 3.63) is 60.4 Å². The molecule has 1 unspecified atom stereocenters. The number of carbonyl (C=O) groups excluding carboxylic acids is 6. The van der Waals surface area contributed by atoms with Crippen LogP contribution in [-0.2, 0) is 42.1 Å². The summed E-state index contributed by atoms with van der Waals surface area (Å²) in [6, 6.07) is 13.6. The molecule has 0 aliphatic carbocycles. The van der Waals surface area contributed by atoms with Crippen molar-refractivity contribution in [2.24, 2.45) is 5.73 Å². The van der Waals surface area contributed by atoms with E-state index in [0.29, 0.717) is 73.3 Å². The molecule has 0 radical (unpaired) electrons. The van der Waals surface area contributed by atoms with Gasteiger partial charge in [-0.3, -0.25) is 53.0 Å². The number of rotatable bonds is 29. The fourth-order valence-electron chi connectivity index (χ4n) is 6.80. The largest absolute Gasteiger partial charge is 0.478 e. The molecule has 1 aliphatic rings. The first-order valence-electron chi connectivity index (χ1n) is 23.4. The number of imidazole rings is 1. The van der Waals surface area contributed by atoms with E-state index in [4.69, 9.17) is 47.9 Å². The third kappa shape index (κ3) is 23.3. The fraction of sp³-hybridized carbons (Fsp3) is 0.565. The number of carboxylic acids is 1. The number of amides is 5. The molecule has 1 aromatic heterocycles. The minimum atomic E-state index is -1.11. The number of carbonyl (C=O) groups is 7. The highest BCUT2D eigenvalue weighted by Crippen LogP contribution is 2.36. The molecular weight excluding hydrogens is 991 g/mol. The molecule has 0 saturated carbocycles. The molecule has 0 bridgehead atoms.